The topological polar surface area (TPSA) is 57.1 Å². The van der Waals surface area contributed by atoms with E-state index in [4.69, 9.17) is 9.47 Å². The van der Waals surface area contributed by atoms with Crippen molar-refractivity contribution < 1.29 is 18.5 Å². The van der Waals surface area contributed by atoms with Gasteiger partial charge in [0.1, 0.15) is 25.2 Å². The van der Waals surface area contributed by atoms with Crippen molar-refractivity contribution in [3.05, 3.63) is 35.4 Å². The van der Waals surface area contributed by atoms with E-state index in [0.717, 1.165) is 35.5 Å². The lowest BCUT2D eigenvalue weighted by Crippen LogP contribution is -2.07. The van der Waals surface area contributed by atoms with Gasteiger partial charge in [0.15, 0.2) is 0 Å². The van der Waals surface area contributed by atoms with Crippen LogP contribution in [0, 0.1) is 13.8 Å². The van der Waals surface area contributed by atoms with Crippen molar-refractivity contribution in [2.75, 3.05) is 31.8 Å². The van der Waals surface area contributed by atoms with E-state index < -0.39 is 10.8 Å². The van der Waals surface area contributed by atoms with Crippen LogP contribution in [-0.2, 0) is 15.6 Å². The van der Waals surface area contributed by atoms with E-state index in [0.29, 0.717) is 24.7 Å². The molecule has 0 fully saturated rings. The van der Waals surface area contributed by atoms with Gasteiger partial charge in [-0.1, -0.05) is 17.3 Å². The fraction of sp³-hybridized carbons (Fsp3) is 0.526. The lowest BCUT2D eigenvalue weighted by atomic mass is 10.1. The number of allylic oxidation sites excluding steroid dienone is 1. The van der Waals surface area contributed by atoms with Gasteiger partial charge in [0, 0.05) is 16.6 Å². The van der Waals surface area contributed by atoms with Crippen molar-refractivity contribution in [2.45, 2.75) is 33.6 Å². The van der Waals surface area contributed by atoms with Gasteiger partial charge < -0.3 is 14.3 Å². The first-order valence-corrected chi connectivity index (χ1v) is 9.95. The van der Waals surface area contributed by atoms with Crippen molar-refractivity contribution in [3.63, 3.8) is 0 Å². The Morgan fingerprint density at radius 2 is 1.88 bits per heavy atom. The van der Waals surface area contributed by atoms with Crippen LogP contribution in [0.25, 0.3) is 0 Å². The molecule has 0 bridgehead atoms. The molecule has 0 N–H and O–H groups in total. The molecule has 5 nitrogen and oxygen atoms in total. The smallest absolute Gasteiger partial charge is 0.125 e. The monoisotopic (exact) mass is 367 g/mol. The Labute approximate surface area is 153 Å². The molecule has 0 heterocycles. The van der Waals surface area contributed by atoms with Crippen LogP contribution in [0.5, 0.6) is 11.5 Å². The van der Waals surface area contributed by atoms with Crippen molar-refractivity contribution >= 4 is 17.0 Å². The van der Waals surface area contributed by atoms with E-state index >= 15 is 0 Å². The van der Waals surface area contributed by atoms with Gasteiger partial charge in [-0.05, 0) is 56.9 Å². The number of hydrogen-bond acceptors (Lipinski definition) is 5. The molecule has 140 valence electrons. The Hall–Kier alpha value is -1.82. The third-order valence-electron chi connectivity index (χ3n) is 3.47. The van der Waals surface area contributed by atoms with Gasteiger partial charge in [-0.25, -0.2) is 0 Å². The molecule has 1 aromatic carbocycles. The van der Waals surface area contributed by atoms with E-state index in [2.05, 4.69) is 9.99 Å². The number of oxime groups is 1. The summed E-state index contributed by atoms with van der Waals surface area (Å²) >= 11 is 0. The molecule has 6 heteroatoms. The third kappa shape index (κ3) is 8.72. The van der Waals surface area contributed by atoms with E-state index in [1.54, 1.807) is 6.21 Å². The average molecular weight is 368 g/mol. The van der Waals surface area contributed by atoms with Crippen LogP contribution in [0.1, 0.15) is 30.9 Å². The summed E-state index contributed by atoms with van der Waals surface area (Å²) in [5.41, 5.74) is 2.13. The van der Waals surface area contributed by atoms with Gasteiger partial charge >= 0.3 is 0 Å². The molecule has 1 aromatic rings. The van der Waals surface area contributed by atoms with Gasteiger partial charge in [-0.15, -0.1) is 0 Å². The molecule has 0 aromatic heterocycles. The zero-order valence-corrected chi connectivity index (χ0v) is 16.4. The van der Waals surface area contributed by atoms with Gasteiger partial charge in [-0.3, -0.25) is 4.21 Å². The van der Waals surface area contributed by atoms with E-state index in [1.165, 1.54) is 7.11 Å². The second-order valence-corrected chi connectivity index (χ2v) is 7.22. The van der Waals surface area contributed by atoms with Crippen LogP contribution >= 0.6 is 0 Å². The maximum atomic E-state index is 11.7. The Bertz CT molecular complexity index is 576. The summed E-state index contributed by atoms with van der Waals surface area (Å²) in [7, 11) is 0.581. The number of nitrogens with zero attached hydrogens (tertiary/aromatic N) is 1. The van der Waals surface area contributed by atoms with Crippen molar-refractivity contribution in [1.82, 2.24) is 0 Å². The summed E-state index contributed by atoms with van der Waals surface area (Å²) in [6, 6.07) is 3.99. The second-order valence-electron chi connectivity index (χ2n) is 5.60. The Balaban J connectivity index is 2.37. The molecular formula is C19H29NO4S. The number of ether oxygens (including phenoxy) is 2. The van der Waals surface area contributed by atoms with Crippen molar-refractivity contribution in [1.29, 1.82) is 0 Å². The average Bonchev–Trinajstić information content (AvgIpc) is 2.57. The fourth-order valence-corrected chi connectivity index (χ4v) is 3.19. The number of rotatable bonds is 12. The maximum Gasteiger partial charge on any atom is 0.125 e. The molecule has 1 atom stereocenters. The maximum absolute atomic E-state index is 11.7. The lowest BCUT2D eigenvalue weighted by molar-refractivity contribution is 0.215. The molecule has 1 rings (SSSR count). The summed E-state index contributed by atoms with van der Waals surface area (Å²) in [5, 5.41) is 3.59. The first-order chi connectivity index (χ1) is 12.1. The molecule has 0 saturated heterocycles. The van der Waals surface area contributed by atoms with Crippen LogP contribution in [0.15, 0.2) is 29.4 Å². The zero-order chi connectivity index (χ0) is 18.5. The molecule has 1 unspecified atom stereocenters. The van der Waals surface area contributed by atoms with Gasteiger partial charge in [0.25, 0.3) is 0 Å². The SMILES string of the molecule is C/C=C/COc1cc(C)c(OCCCCS(=O)C/C=N/OC)c(C)c1. The van der Waals surface area contributed by atoms with Crippen LogP contribution in [0.4, 0.5) is 0 Å². The van der Waals surface area contributed by atoms with Crippen LogP contribution in [-0.4, -0.2) is 42.3 Å². The van der Waals surface area contributed by atoms with Crippen molar-refractivity contribution in [2.24, 2.45) is 5.16 Å². The highest BCUT2D eigenvalue weighted by Gasteiger charge is 2.07. The van der Waals surface area contributed by atoms with E-state index in [-0.39, 0.29) is 0 Å². The molecule has 0 spiro atoms. The highest BCUT2D eigenvalue weighted by atomic mass is 32.2. The summed E-state index contributed by atoms with van der Waals surface area (Å²) in [4.78, 5) is 4.55. The number of aryl methyl sites for hydroxylation is 2. The summed E-state index contributed by atoms with van der Waals surface area (Å²) in [6.07, 6.45) is 7.20. The predicted molar refractivity (Wildman–Crippen MR) is 104 cm³/mol. The highest BCUT2D eigenvalue weighted by molar-refractivity contribution is 7.85. The highest BCUT2D eigenvalue weighted by Crippen LogP contribution is 2.28. The predicted octanol–water partition coefficient (Wildman–Crippen LogP) is 3.80. The zero-order valence-electron chi connectivity index (χ0n) is 15.6. The molecule has 0 aliphatic heterocycles. The van der Waals surface area contributed by atoms with Gasteiger partial charge in [0.05, 0.1) is 18.6 Å². The van der Waals surface area contributed by atoms with Crippen LogP contribution in [0.2, 0.25) is 0 Å². The molecule has 0 radical (unpaired) electrons. The lowest BCUT2D eigenvalue weighted by Gasteiger charge is -2.14. The number of benzene rings is 1. The first kappa shape index (κ1) is 21.2. The summed E-state index contributed by atoms with van der Waals surface area (Å²) < 4.78 is 23.3. The standard InChI is InChI=1S/C19H29NO4S/c1-5-6-10-23-18-14-16(2)19(17(3)15-18)24-11-7-8-12-25(21)13-9-20-22-4/h5-6,9,14-15H,7-8,10-13H2,1-4H3/b6-5+,20-9+. The molecule has 0 aliphatic carbocycles. The number of hydrogen-bond donors (Lipinski definition) is 0. The largest absolute Gasteiger partial charge is 0.493 e. The third-order valence-corrected chi connectivity index (χ3v) is 4.73. The number of unbranched alkanes of at least 4 members (excludes halogenated alkanes) is 1. The minimum Gasteiger partial charge on any atom is -0.493 e. The Morgan fingerprint density at radius 1 is 1.16 bits per heavy atom. The summed E-state index contributed by atoms with van der Waals surface area (Å²) in [5.74, 6) is 2.84. The first-order valence-electron chi connectivity index (χ1n) is 8.46. The molecule has 25 heavy (non-hydrogen) atoms. The molecule has 0 saturated carbocycles. The van der Waals surface area contributed by atoms with E-state index in [9.17, 15) is 4.21 Å². The molecular weight excluding hydrogens is 338 g/mol. The van der Waals surface area contributed by atoms with Gasteiger partial charge in [-0.2, -0.15) is 0 Å². The van der Waals surface area contributed by atoms with E-state index in [1.807, 2.05) is 45.1 Å². The summed E-state index contributed by atoms with van der Waals surface area (Å²) in [6.45, 7) is 7.20. The quantitative estimate of drug-likeness (QED) is 0.244. The normalized spacial score (nSPS) is 12.6. The second kappa shape index (κ2) is 12.5. The Kier molecular flexibility index (Phi) is 10.6. The molecule has 0 aliphatic rings. The van der Waals surface area contributed by atoms with Crippen LogP contribution < -0.4 is 9.47 Å². The van der Waals surface area contributed by atoms with Crippen molar-refractivity contribution in [3.8, 4) is 11.5 Å². The minimum atomic E-state index is -0.893. The van der Waals surface area contributed by atoms with Gasteiger partial charge in [0.2, 0.25) is 0 Å². The Morgan fingerprint density at radius 3 is 2.52 bits per heavy atom. The molecule has 0 amide bonds. The fourth-order valence-electron chi connectivity index (χ4n) is 2.27. The van der Waals surface area contributed by atoms with Crippen LogP contribution in [0.3, 0.4) is 0 Å². The minimum absolute atomic E-state index is 0.432.